The van der Waals surface area contributed by atoms with E-state index in [-0.39, 0.29) is 17.2 Å². The van der Waals surface area contributed by atoms with E-state index in [1.54, 1.807) is 48.9 Å². The standard InChI is InChI=1S/C30H27N3O5S/c1-4-38-24-15-19(13-14-23(24)34)16-25-29(36)33-27(20-9-8-12-22(17-20)37-3)26(18(2)31-30(33)39-25)28(35)32-21-10-6-5-7-11-21/h5-17,27,34H,4H2,1-3H3,(H,32,35)/b25-16-/t27-/m1/s1. The molecule has 9 heteroatoms. The fourth-order valence-corrected chi connectivity index (χ4v) is 5.55. The van der Waals surface area contributed by atoms with Gasteiger partial charge in [0.1, 0.15) is 5.75 Å². The van der Waals surface area contributed by atoms with E-state index in [1.165, 1.54) is 17.4 Å². The van der Waals surface area contributed by atoms with Crippen LogP contribution in [0.2, 0.25) is 0 Å². The number of amides is 1. The van der Waals surface area contributed by atoms with Crippen LogP contribution in [0.25, 0.3) is 6.08 Å². The van der Waals surface area contributed by atoms with E-state index >= 15 is 0 Å². The molecule has 198 valence electrons. The normalized spacial score (nSPS) is 14.9. The van der Waals surface area contributed by atoms with E-state index in [0.717, 1.165) is 5.56 Å². The summed E-state index contributed by atoms with van der Waals surface area (Å²) in [5.41, 5.74) is 2.66. The predicted molar refractivity (Wildman–Crippen MR) is 151 cm³/mol. The van der Waals surface area contributed by atoms with Crippen molar-refractivity contribution in [1.82, 2.24) is 4.57 Å². The van der Waals surface area contributed by atoms with Crippen molar-refractivity contribution in [3.05, 3.63) is 115 Å². The first-order valence-corrected chi connectivity index (χ1v) is 13.2. The average molecular weight is 542 g/mol. The maximum atomic E-state index is 13.9. The minimum Gasteiger partial charge on any atom is -0.504 e. The van der Waals surface area contributed by atoms with Gasteiger partial charge < -0.3 is 19.9 Å². The van der Waals surface area contributed by atoms with Crippen LogP contribution in [-0.2, 0) is 4.79 Å². The molecule has 0 bridgehead atoms. The number of phenolic OH excluding ortho intramolecular Hbond substituents is 1. The number of allylic oxidation sites excluding steroid dienone is 1. The number of ether oxygens (including phenoxy) is 2. The molecular weight excluding hydrogens is 514 g/mol. The highest BCUT2D eigenvalue weighted by molar-refractivity contribution is 7.07. The van der Waals surface area contributed by atoms with Gasteiger partial charge in [0, 0.05) is 5.69 Å². The minimum absolute atomic E-state index is 0.0261. The monoisotopic (exact) mass is 541 g/mol. The number of methoxy groups -OCH3 is 1. The van der Waals surface area contributed by atoms with Crippen LogP contribution < -0.4 is 29.7 Å². The summed E-state index contributed by atoms with van der Waals surface area (Å²) in [5.74, 6) is 0.631. The number of aromatic hydroxyl groups is 1. The molecule has 1 amide bonds. The maximum absolute atomic E-state index is 13.9. The number of anilines is 1. The molecule has 4 aromatic rings. The Labute approximate surface area is 228 Å². The number of thiazole rings is 1. The molecule has 1 aromatic heterocycles. The number of benzene rings is 3. The second kappa shape index (κ2) is 11.0. The quantitative estimate of drug-likeness (QED) is 0.369. The van der Waals surface area contributed by atoms with Crippen molar-refractivity contribution in [1.29, 1.82) is 0 Å². The molecule has 39 heavy (non-hydrogen) atoms. The molecule has 0 aliphatic carbocycles. The zero-order chi connectivity index (χ0) is 27.5. The van der Waals surface area contributed by atoms with Crippen molar-refractivity contribution in [2.75, 3.05) is 19.0 Å². The van der Waals surface area contributed by atoms with Gasteiger partial charge in [0.25, 0.3) is 11.5 Å². The summed E-state index contributed by atoms with van der Waals surface area (Å²) in [7, 11) is 1.57. The number of phenols is 1. The summed E-state index contributed by atoms with van der Waals surface area (Å²) < 4.78 is 12.9. The molecule has 2 N–H and O–H groups in total. The Kier molecular flexibility index (Phi) is 7.33. The zero-order valence-corrected chi connectivity index (χ0v) is 22.5. The van der Waals surface area contributed by atoms with Crippen LogP contribution in [0.1, 0.15) is 31.0 Å². The smallest absolute Gasteiger partial charge is 0.271 e. The Balaban J connectivity index is 1.67. The molecule has 3 aromatic carbocycles. The number of rotatable bonds is 7. The van der Waals surface area contributed by atoms with Gasteiger partial charge in [0.05, 0.1) is 35.6 Å². The van der Waals surface area contributed by atoms with Crippen LogP contribution >= 0.6 is 11.3 Å². The van der Waals surface area contributed by atoms with Gasteiger partial charge >= 0.3 is 0 Å². The number of hydrogen-bond donors (Lipinski definition) is 2. The largest absolute Gasteiger partial charge is 0.504 e. The number of aromatic nitrogens is 1. The van der Waals surface area contributed by atoms with Crippen LogP contribution in [0.5, 0.6) is 17.2 Å². The van der Waals surface area contributed by atoms with Gasteiger partial charge in [-0.15, -0.1) is 0 Å². The van der Waals surface area contributed by atoms with Gasteiger partial charge in [-0.25, -0.2) is 4.99 Å². The first-order chi connectivity index (χ1) is 18.9. The number of carbonyl (C=O) groups is 1. The van der Waals surface area contributed by atoms with Gasteiger partial charge in [-0.05, 0) is 67.4 Å². The second-order valence-corrected chi connectivity index (χ2v) is 9.85. The third kappa shape index (κ3) is 5.21. The van der Waals surface area contributed by atoms with E-state index in [2.05, 4.69) is 10.3 Å². The molecule has 0 spiro atoms. The molecule has 1 aliphatic heterocycles. The maximum Gasteiger partial charge on any atom is 0.271 e. The Bertz CT molecular complexity index is 1760. The number of nitrogens with zero attached hydrogens (tertiary/aromatic N) is 2. The van der Waals surface area contributed by atoms with E-state index in [0.29, 0.717) is 50.0 Å². The highest BCUT2D eigenvalue weighted by atomic mass is 32.1. The fraction of sp³-hybridized carbons (Fsp3) is 0.167. The summed E-state index contributed by atoms with van der Waals surface area (Å²) in [6, 6.07) is 20.7. The number of para-hydroxylation sites is 1. The molecule has 2 heterocycles. The average Bonchev–Trinajstić information content (AvgIpc) is 3.24. The summed E-state index contributed by atoms with van der Waals surface area (Å²) in [5, 5.41) is 13.0. The number of nitrogens with one attached hydrogen (secondary N) is 1. The summed E-state index contributed by atoms with van der Waals surface area (Å²) >= 11 is 1.24. The lowest BCUT2D eigenvalue weighted by atomic mass is 9.95. The third-order valence-corrected chi connectivity index (χ3v) is 7.27. The molecule has 0 radical (unpaired) electrons. The summed E-state index contributed by atoms with van der Waals surface area (Å²) in [6.07, 6.45) is 1.73. The van der Waals surface area contributed by atoms with Crippen LogP contribution in [0.15, 0.2) is 93.9 Å². The summed E-state index contributed by atoms with van der Waals surface area (Å²) in [6.45, 7) is 4.00. The molecular formula is C30H27N3O5S. The molecule has 5 rings (SSSR count). The molecule has 0 fully saturated rings. The SMILES string of the molecule is CCOc1cc(/C=c2\sc3n(c2=O)[C@H](c2cccc(OC)c2)C(C(=O)Nc2ccccc2)=C(C)N=3)ccc1O. The first kappa shape index (κ1) is 26.0. The van der Waals surface area contributed by atoms with Crippen molar-refractivity contribution in [3.63, 3.8) is 0 Å². The first-order valence-electron chi connectivity index (χ1n) is 12.4. The van der Waals surface area contributed by atoms with Crippen molar-refractivity contribution in [3.8, 4) is 17.2 Å². The van der Waals surface area contributed by atoms with Gasteiger partial charge in [-0.3, -0.25) is 14.2 Å². The van der Waals surface area contributed by atoms with Gasteiger partial charge in [0.15, 0.2) is 16.3 Å². The Morgan fingerprint density at radius 1 is 1.13 bits per heavy atom. The highest BCUT2D eigenvalue weighted by Gasteiger charge is 2.32. The Hall–Kier alpha value is -4.63. The predicted octanol–water partition coefficient (Wildman–Crippen LogP) is 3.99. The molecule has 0 saturated heterocycles. The van der Waals surface area contributed by atoms with Crippen LogP contribution in [0.3, 0.4) is 0 Å². The van der Waals surface area contributed by atoms with E-state index in [9.17, 15) is 14.7 Å². The molecule has 8 nitrogen and oxygen atoms in total. The highest BCUT2D eigenvalue weighted by Crippen LogP contribution is 2.32. The second-order valence-electron chi connectivity index (χ2n) is 8.84. The molecule has 0 saturated carbocycles. The lowest BCUT2D eigenvalue weighted by Gasteiger charge is -2.25. The van der Waals surface area contributed by atoms with Crippen molar-refractivity contribution in [2.45, 2.75) is 19.9 Å². The van der Waals surface area contributed by atoms with Gasteiger partial charge in [-0.1, -0.05) is 47.7 Å². The van der Waals surface area contributed by atoms with E-state index in [1.807, 2.05) is 49.4 Å². The minimum atomic E-state index is -0.721. The van der Waals surface area contributed by atoms with Crippen LogP contribution in [-0.4, -0.2) is 29.3 Å². The van der Waals surface area contributed by atoms with Gasteiger partial charge in [-0.2, -0.15) is 0 Å². The Morgan fingerprint density at radius 2 is 1.92 bits per heavy atom. The third-order valence-electron chi connectivity index (χ3n) is 6.29. The number of fused-ring (bicyclic) bond motifs is 1. The van der Waals surface area contributed by atoms with Crippen LogP contribution in [0, 0.1) is 0 Å². The van der Waals surface area contributed by atoms with E-state index < -0.39 is 6.04 Å². The van der Waals surface area contributed by atoms with Crippen molar-refractivity contribution < 1.29 is 19.4 Å². The van der Waals surface area contributed by atoms with Gasteiger partial charge in [0.2, 0.25) is 0 Å². The fourth-order valence-electron chi connectivity index (χ4n) is 4.50. The number of carbonyl (C=O) groups excluding carboxylic acids is 1. The lowest BCUT2D eigenvalue weighted by molar-refractivity contribution is -0.113. The molecule has 1 atom stereocenters. The lowest BCUT2D eigenvalue weighted by Crippen LogP contribution is -2.40. The Morgan fingerprint density at radius 3 is 2.67 bits per heavy atom. The van der Waals surface area contributed by atoms with Crippen LogP contribution in [0.4, 0.5) is 5.69 Å². The summed E-state index contributed by atoms with van der Waals surface area (Å²) in [4.78, 5) is 32.7. The van der Waals surface area contributed by atoms with Crippen molar-refractivity contribution in [2.24, 2.45) is 4.99 Å². The van der Waals surface area contributed by atoms with E-state index in [4.69, 9.17) is 9.47 Å². The zero-order valence-electron chi connectivity index (χ0n) is 21.7. The topological polar surface area (TPSA) is 102 Å². The molecule has 0 unspecified atom stereocenters. The molecule has 1 aliphatic rings. The van der Waals surface area contributed by atoms with Crippen molar-refractivity contribution >= 4 is 29.0 Å². The number of hydrogen-bond acceptors (Lipinski definition) is 7.